The lowest BCUT2D eigenvalue weighted by molar-refractivity contribution is 0.0172. The molecule has 0 aromatic heterocycles. The Balaban J connectivity index is 3.68. The SMILES string of the molecule is [2H]c1c([2H])c(O)c([2H])c(C(C)(F)F)c1[2H]. The third-order valence-electron chi connectivity index (χ3n) is 1.05. The summed E-state index contributed by atoms with van der Waals surface area (Å²) < 4.78 is 54.6. The highest BCUT2D eigenvalue weighted by Crippen LogP contribution is 2.28. The maximum atomic E-state index is 13.0. The van der Waals surface area contributed by atoms with Crippen LogP contribution in [0.25, 0.3) is 0 Å². The Morgan fingerprint density at radius 1 is 1.55 bits per heavy atom. The van der Waals surface area contributed by atoms with Crippen LogP contribution in [-0.4, -0.2) is 5.11 Å². The van der Waals surface area contributed by atoms with Gasteiger partial charge >= 0.3 is 0 Å². The van der Waals surface area contributed by atoms with Crippen molar-refractivity contribution in [2.24, 2.45) is 0 Å². The number of hydrogen-bond donors (Lipinski definition) is 1. The highest BCUT2D eigenvalue weighted by atomic mass is 19.3. The van der Waals surface area contributed by atoms with Gasteiger partial charge in [-0.2, -0.15) is 0 Å². The van der Waals surface area contributed by atoms with Gasteiger partial charge in [0, 0.05) is 12.5 Å². The normalized spacial score (nSPS) is 16.6. The molecule has 1 aromatic carbocycles. The van der Waals surface area contributed by atoms with Crippen molar-refractivity contribution >= 4 is 0 Å². The molecular formula is C8H8F2O. The molecule has 0 spiro atoms. The van der Waals surface area contributed by atoms with Crippen molar-refractivity contribution in [1.82, 2.24) is 0 Å². The van der Waals surface area contributed by atoms with E-state index in [2.05, 4.69) is 0 Å². The predicted molar refractivity (Wildman–Crippen MR) is 37.7 cm³/mol. The van der Waals surface area contributed by atoms with Crippen molar-refractivity contribution in [3.63, 3.8) is 0 Å². The minimum absolute atomic E-state index is 0.473. The molecule has 0 heterocycles. The van der Waals surface area contributed by atoms with Crippen molar-refractivity contribution in [1.29, 1.82) is 0 Å². The number of benzene rings is 1. The van der Waals surface area contributed by atoms with Crippen LogP contribution in [0, 0.1) is 0 Å². The van der Waals surface area contributed by atoms with Crippen LogP contribution in [0.3, 0.4) is 0 Å². The van der Waals surface area contributed by atoms with E-state index in [4.69, 9.17) is 10.6 Å². The monoisotopic (exact) mass is 162 g/mol. The summed E-state index contributed by atoms with van der Waals surface area (Å²) in [5, 5.41) is 9.14. The van der Waals surface area contributed by atoms with E-state index in [9.17, 15) is 8.78 Å². The molecule has 0 fully saturated rings. The van der Waals surface area contributed by atoms with Crippen LogP contribution in [0.4, 0.5) is 8.78 Å². The fourth-order valence-corrected chi connectivity index (χ4v) is 0.553. The Labute approximate surface area is 68.9 Å². The fourth-order valence-electron chi connectivity index (χ4n) is 0.553. The first-order valence-corrected chi connectivity index (χ1v) is 2.85. The summed E-state index contributed by atoms with van der Waals surface area (Å²) in [4.78, 5) is 0. The molecule has 0 atom stereocenters. The van der Waals surface area contributed by atoms with Gasteiger partial charge in [0.2, 0.25) is 0 Å². The zero-order valence-electron chi connectivity index (χ0n) is 9.70. The minimum Gasteiger partial charge on any atom is -0.508 e. The standard InChI is InChI=1S/C8H8F2O/c1-8(9,10)6-3-2-4-7(11)5-6/h2-5,11H,1H3/i2D,3D,4D,5D. The van der Waals surface area contributed by atoms with Crippen LogP contribution in [0.1, 0.15) is 18.0 Å². The van der Waals surface area contributed by atoms with Gasteiger partial charge in [-0.3, -0.25) is 0 Å². The highest BCUT2D eigenvalue weighted by molar-refractivity contribution is 5.29. The summed E-state index contributed by atoms with van der Waals surface area (Å²) >= 11 is 0. The number of alkyl halides is 2. The summed E-state index contributed by atoms with van der Waals surface area (Å²) in [7, 11) is 0. The molecule has 1 aromatic rings. The van der Waals surface area contributed by atoms with E-state index < -0.39 is 41.4 Å². The molecule has 0 aliphatic rings. The lowest BCUT2D eigenvalue weighted by Crippen LogP contribution is -2.05. The van der Waals surface area contributed by atoms with Gasteiger partial charge in [0.15, 0.2) is 0 Å². The van der Waals surface area contributed by atoms with Crippen LogP contribution in [0.5, 0.6) is 5.75 Å². The largest absolute Gasteiger partial charge is 0.508 e. The fraction of sp³-hybridized carbons (Fsp3) is 0.250. The zero-order chi connectivity index (χ0) is 12.0. The molecular weight excluding hydrogens is 150 g/mol. The first-order valence-electron chi connectivity index (χ1n) is 4.85. The molecule has 1 N–H and O–H groups in total. The topological polar surface area (TPSA) is 20.2 Å². The second kappa shape index (κ2) is 2.49. The third-order valence-corrected chi connectivity index (χ3v) is 1.05. The second-order valence-corrected chi connectivity index (χ2v) is 2.11. The van der Waals surface area contributed by atoms with Crippen LogP contribution in [0.15, 0.2) is 24.2 Å². The van der Waals surface area contributed by atoms with Gasteiger partial charge in [0.25, 0.3) is 5.92 Å². The van der Waals surface area contributed by atoms with Gasteiger partial charge in [0.1, 0.15) is 5.75 Å². The van der Waals surface area contributed by atoms with Gasteiger partial charge in [-0.15, -0.1) is 0 Å². The summed E-state index contributed by atoms with van der Waals surface area (Å²) in [6.45, 7) is 0.473. The van der Waals surface area contributed by atoms with Crippen LogP contribution < -0.4 is 0 Å². The second-order valence-electron chi connectivity index (χ2n) is 2.11. The van der Waals surface area contributed by atoms with Crippen molar-refractivity contribution in [3.05, 3.63) is 29.7 Å². The van der Waals surface area contributed by atoms with Crippen LogP contribution in [0.2, 0.25) is 0 Å². The Morgan fingerprint density at radius 3 is 2.73 bits per heavy atom. The van der Waals surface area contributed by atoms with Crippen molar-refractivity contribution in [2.75, 3.05) is 0 Å². The van der Waals surface area contributed by atoms with Gasteiger partial charge in [-0.1, -0.05) is 12.1 Å². The van der Waals surface area contributed by atoms with Crippen molar-refractivity contribution in [3.8, 4) is 5.75 Å². The molecule has 0 saturated heterocycles. The molecule has 60 valence electrons. The molecule has 0 aliphatic heterocycles. The summed E-state index contributed by atoms with van der Waals surface area (Å²) in [6, 6.07) is -3.44. The van der Waals surface area contributed by atoms with E-state index in [0.717, 1.165) is 0 Å². The lowest BCUT2D eigenvalue weighted by atomic mass is 10.1. The number of phenols is 1. The first-order chi connectivity index (χ1) is 6.68. The molecule has 0 unspecified atom stereocenters. The first kappa shape index (κ1) is 4.04. The molecule has 0 bridgehead atoms. The van der Waals surface area contributed by atoms with Gasteiger partial charge in [0.05, 0.1) is 5.48 Å². The lowest BCUT2D eigenvalue weighted by Gasteiger charge is -2.09. The number of halogens is 2. The van der Waals surface area contributed by atoms with Gasteiger partial charge in [-0.25, -0.2) is 8.78 Å². The van der Waals surface area contributed by atoms with Gasteiger partial charge in [-0.05, 0) is 12.1 Å². The number of phenolic OH excluding ortho intramolecular Hbond substituents is 1. The van der Waals surface area contributed by atoms with Gasteiger partial charge < -0.3 is 5.11 Å². The maximum Gasteiger partial charge on any atom is 0.270 e. The Bertz CT molecular complexity index is 385. The molecule has 11 heavy (non-hydrogen) atoms. The minimum atomic E-state index is -3.49. The molecule has 0 amide bonds. The van der Waals surface area contributed by atoms with E-state index in [-0.39, 0.29) is 0 Å². The predicted octanol–water partition coefficient (Wildman–Crippen LogP) is 2.50. The number of rotatable bonds is 1. The number of aromatic hydroxyl groups is 1. The smallest absolute Gasteiger partial charge is 0.270 e. The average molecular weight is 162 g/mol. The summed E-state index contributed by atoms with van der Waals surface area (Å²) in [6.07, 6.45) is 0. The van der Waals surface area contributed by atoms with E-state index in [1.165, 1.54) is 0 Å². The highest BCUT2D eigenvalue weighted by Gasteiger charge is 2.23. The molecule has 3 heteroatoms. The van der Waals surface area contributed by atoms with Crippen LogP contribution in [-0.2, 0) is 5.92 Å². The molecule has 1 rings (SSSR count). The summed E-state index contributed by atoms with van der Waals surface area (Å²) in [5.41, 5.74) is -1.03. The molecule has 0 aliphatic carbocycles. The molecule has 0 saturated carbocycles. The Hall–Kier alpha value is -1.12. The maximum absolute atomic E-state index is 13.0. The Kier molecular flexibility index (Phi) is 0.916. The Morgan fingerprint density at radius 2 is 2.18 bits per heavy atom. The number of hydrogen-bond acceptors (Lipinski definition) is 1. The zero-order valence-corrected chi connectivity index (χ0v) is 5.70. The quantitative estimate of drug-likeness (QED) is 0.672. The van der Waals surface area contributed by atoms with Crippen molar-refractivity contribution in [2.45, 2.75) is 12.8 Å². The molecule has 1 nitrogen and oxygen atoms in total. The van der Waals surface area contributed by atoms with Crippen LogP contribution >= 0.6 is 0 Å². The van der Waals surface area contributed by atoms with E-state index in [1.54, 1.807) is 0 Å². The van der Waals surface area contributed by atoms with E-state index >= 15 is 0 Å². The average Bonchev–Trinajstić information content (AvgIpc) is 2.09. The summed E-state index contributed by atoms with van der Waals surface area (Å²) in [5.74, 6) is -4.48. The third kappa shape index (κ3) is 1.90. The van der Waals surface area contributed by atoms with E-state index in [1.807, 2.05) is 0 Å². The molecule has 0 radical (unpaired) electrons. The van der Waals surface area contributed by atoms with E-state index in [0.29, 0.717) is 6.92 Å². The van der Waals surface area contributed by atoms with Crippen molar-refractivity contribution < 1.29 is 19.4 Å².